The Labute approximate surface area is 216 Å². The van der Waals surface area contributed by atoms with E-state index >= 15 is 0 Å². The Bertz CT molecular complexity index is 1350. The molecule has 11 heteroatoms. The van der Waals surface area contributed by atoms with Gasteiger partial charge in [-0.25, -0.2) is 9.69 Å². The quantitative estimate of drug-likeness (QED) is 0.435. The Morgan fingerprint density at radius 2 is 1.45 bits per heavy atom. The highest BCUT2D eigenvalue weighted by Crippen LogP contribution is 2.59. The maximum absolute atomic E-state index is 14.0. The molecule has 0 aromatic heterocycles. The summed E-state index contributed by atoms with van der Waals surface area (Å²) < 4.78 is 44.6. The van der Waals surface area contributed by atoms with Gasteiger partial charge < -0.3 is 9.64 Å². The number of urea groups is 1. The van der Waals surface area contributed by atoms with Crippen molar-refractivity contribution in [3.8, 4) is 5.75 Å². The van der Waals surface area contributed by atoms with Gasteiger partial charge in [0.2, 0.25) is 11.8 Å². The fourth-order valence-electron chi connectivity index (χ4n) is 6.02. The number of likely N-dealkylation sites (tertiary alicyclic amines) is 1. The Morgan fingerprint density at radius 3 is 1.95 bits per heavy atom. The molecule has 3 unspecified atom stereocenters. The number of imide groups is 2. The third-order valence-electron chi connectivity index (χ3n) is 7.69. The fraction of sp³-hybridized carbons (Fsp3) is 0.407. The van der Waals surface area contributed by atoms with E-state index in [-0.39, 0.29) is 5.69 Å². The molecule has 0 aliphatic carbocycles. The molecule has 3 fully saturated rings. The van der Waals surface area contributed by atoms with Crippen molar-refractivity contribution in [2.45, 2.75) is 51.0 Å². The molecule has 5 rings (SSSR count). The van der Waals surface area contributed by atoms with Crippen LogP contribution in [0.25, 0.3) is 0 Å². The summed E-state index contributed by atoms with van der Waals surface area (Å²) in [6.07, 6.45) is -4.59. The summed E-state index contributed by atoms with van der Waals surface area (Å²) in [6.45, 7) is 6.59. The average molecular weight is 530 g/mol. The molecule has 3 saturated heterocycles. The van der Waals surface area contributed by atoms with Crippen molar-refractivity contribution in [1.29, 1.82) is 0 Å². The molecule has 0 N–H and O–H groups in total. The number of hydrogen-bond acceptors (Lipinski definition) is 5. The number of rotatable bonds is 3. The van der Waals surface area contributed by atoms with Crippen LogP contribution in [0.1, 0.15) is 44.9 Å². The van der Waals surface area contributed by atoms with Gasteiger partial charge in [-0.05, 0) is 69.7 Å². The van der Waals surface area contributed by atoms with Crippen LogP contribution in [0.5, 0.6) is 5.75 Å². The van der Waals surface area contributed by atoms with Crippen LogP contribution in [-0.4, -0.2) is 51.7 Å². The van der Waals surface area contributed by atoms with Gasteiger partial charge in [-0.15, -0.1) is 0 Å². The smallest absolute Gasteiger partial charge is 0.416 e. The van der Waals surface area contributed by atoms with Crippen LogP contribution >= 0.6 is 0 Å². The van der Waals surface area contributed by atoms with Crippen molar-refractivity contribution < 1.29 is 37.1 Å². The molecule has 4 atom stereocenters. The van der Waals surface area contributed by atoms with Crippen molar-refractivity contribution in [3.05, 3.63) is 59.7 Å². The number of ether oxygens (including phenoxy) is 1. The number of carbonyl (C=O) groups is 4. The van der Waals surface area contributed by atoms with Gasteiger partial charge in [-0.1, -0.05) is 12.1 Å². The Hall–Kier alpha value is -3.89. The van der Waals surface area contributed by atoms with Crippen molar-refractivity contribution in [2.75, 3.05) is 12.0 Å². The maximum Gasteiger partial charge on any atom is 0.416 e. The zero-order valence-electron chi connectivity index (χ0n) is 21.4. The molecule has 0 bridgehead atoms. The van der Waals surface area contributed by atoms with Gasteiger partial charge in [-0.2, -0.15) is 13.2 Å². The number of nitrogens with zero attached hydrogens (tertiary/aromatic N) is 3. The number of amides is 5. The summed E-state index contributed by atoms with van der Waals surface area (Å²) in [6, 6.07) is 8.54. The molecule has 3 aliphatic rings. The fourth-order valence-corrected chi connectivity index (χ4v) is 6.02. The third-order valence-corrected chi connectivity index (χ3v) is 7.69. The number of halogens is 3. The lowest BCUT2D eigenvalue weighted by Gasteiger charge is -2.36. The number of methoxy groups -OCH3 is 1. The monoisotopic (exact) mass is 529 g/mol. The summed E-state index contributed by atoms with van der Waals surface area (Å²) in [4.78, 5) is 58.5. The highest BCUT2D eigenvalue weighted by atomic mass is 19.4. The Morgan fingerprint density at radius 1 is 0.868 bits per heavy atom. The van der Waals surface area contributed by atoms with Crippen molar-refractivity contribution in [3.63, 3.8) is 0 Å². The van der Waals surface area contributed by atoms with E-state index in [9.17, 15) is 32.3 Å². The van der Waals surface area contributed by atoms with E-state index in [0.29, 0.717) is 11.3 Å². The highest BCUT2D eigenvalue weighted by molar-refractivity contribution is 6.26. The van der Waals surface area contributed by atoms with Gasteiger partial charge in [-0.3, -0.25) is 19.3 Å². The second-order valence-electron chi connectivity index (χ2n) is 10.9. The van der Waals surface area contributed by atoms with Crippen LogP contribution in [0, 0.1) is 11.8 Å². The zero-order valence-corrected chi connectivity index (χ0v) is 21.4. The van der Waals surface area contributed by atoms with Crippen LogP contribution < -0.4 is 9.64 Å². The SMILES string of the molecule is COc1ccc(C2C3C(=O)N(C(C)(C)C)C(=O)C3[C@]3(C)C(=O)N(c4ccc(C(F)(F)F)cc4)C(=O)N23)cc1. The summed E-state index contributed by atoms with van der Waals surface area (Å²) in [5, 5.41) is 0. The number of alkyl halides is 3. The van der Waals surface area contributed by atoms with Gasteiger partial charge in [0.25, 0.3) is 5.91 Å². The molecule has 8 nitrogen and oxygen atoms in total. The van der Waals surface area contributed by atoms with Gasteiger partial charge in [0.15, 0.2) is 0 Å². The van der Waals surface area contributed by atoms with Gasteiger partial charge in [0, 0.05) is 5.54 Å². The molecule has 2 aromatic carbocycles. The summed E-state index contributed by atoms with van der Waals surface area (Å²) in [5.41, 5.74) is -3.07. The van der Waals surface area contributed by atoms with Gasteiger partial charge in [0.1, 0.15) is 11.3 Å². The van der Waals surface area contributed by atoms with E-state index in [4.69, 9.17) is 4.74 Å². The molecule has 5 amide bonds. The highest BCUT2D eigenvalue weighted by Gasteiger charge is 2.76. The number of benzene rings is 2. The Balaban J connectivity index is 1.66. The first-order valence-corrected chi connectivity index (χ1v) is 12.0. The largest absolute Gasteiger partial charge is 0.497 e. The van der Waals surface area contributed by atoms with E-state index in [0.717, 1.165) is 34.1 Å². The second kappa shape index (κ2) is 8.05. The van der Waals surface area contributed by atoms with E-state index in [1.54, 1.807) is 45.0 Å². The lowest BCUT2D eigenvalue weighted by molar-refractivity contribution is -0.149. The maximum atomic E-state index is 14.0. The van der Waals surface area contributed by atoms with E-state index in [1.807, 2.05) is 0 Å². The molecular weight excluding hydrogens is 503 g/mol. The molecule has 38 heavy (non-hydrogen) atoms. The first kappa shape index (κ1) is 25.7. The molecule has 3 aliphatic heterocycles. The molecule has 0 radical (unpaired) electrons. The second-order valence-corrected chi connectivity index (χ2v) is 10.9. The van der Waals surface area contributed by atoms with E-state index in [2.05, 4.69) is 0 Å². The number of anilines is 1. The van der Waals surface area contributed by atoms with Crippen LogP contribution in [0.3, 0.4) is 0 Å². The van der Waals surface area contributed by atoms with E-state index < -0.39 is 64.4 Å². The minimum atomic E-state index is -4.59. The summed E-state index contributed by atoms with van der Waals surface area (Å²) in [7, 11) is 1.49. The topological polar surface area (TPSA) is 87.2 Å². The number of fused-ring (bicyclic) bond motifs is 3. The first-order chi connectivity index (χ1) is 17.6. The average Bonchev–Trinajstić information content (AvgIpc) is 3.35. The molecule has 2 aromatic rings. The van der Waals surface area contributed by atoms with Gasteiger partial charge in [0.05, 0.1) is 36.2 Å². The van der Waals surface area contributed by atoms with Crippen LogP contribution in [0.15, 0.2) is 48.5 Å². The predicted molar refractivity (Wildman–Crippen MR) is 129 cm³/mol. The predicted octanol–water partition coefficient (Wildman–Crippen LogP) is 4.40. The van der Waals surface area contributed by atoms with Crippen LogP contribution in [0.2, 0.25) is 0 Å². The molecule has 0 spiro atoms. The number of carbonyl (C=O) groups excluding carboxylic acids is 4. The molecule has 0 saturated carbocycles. The lowest BCUT2D eigenvalue weighted by Crippen LogP contribution is -2.54. The first-order valence-electron chi connectivity index (χ1n) is 12.0. The van der Waals surface area contributed by atoms with E-state index in [1.165, 1.54) is 18.9 Å². The molecule has 3 heterocycles. The van der Waals surface area contributed by atoms with Crippen LogP contribution in [-0.2, 0) is 20.6 Å². The summed E-state index contributed by atoms with van der Waals surface area (Å²) >= 11 is 0. The van der Waals surface area contributed by atoms with Crippen LogP contribution in [0.4, 0.5) is 23.7 Å². The van der Waals surface area contributed by atoms with Crippen molar-refractivity contribution in [1.82, 2.24) is 9.80 Å². The lowest BCUT2D eigenvalue weighted by atomic mass is 9.79. The standard InChI is InChI=1S/C27H26F3N3O5/c1-25(2,3)33-21(34)18-19(22(33)35)26(4)23(36)31(16-10-8-15(9-11-16)27(28,29)30)24(37)32(26)20(18)14-6-12-17(38-5)13-7-14/h6-13,18-20H,1-5H3/t18?,19?,20?,26-/m1/s1. The van der Waals surface area contributed by atoms with Crippen molar-refractivity contribution >= 4 is 29.4 Å². The number of hydrogen-bond donors (Lipinski definition) is 0. The van der Waals surface area contributed by atoms with Gasteiger partial charge >= 0.3 is 12.2 Å². The third kappa shape index (κ3) is 3.36. The normalized spacial score (nSPS) is 27.4. The van der Waals surface area contributed by atoms with Crippen molar-refractivity contribution in [2.24, 2.45) is 11.8 Å². The summed E-state index contributed by atoms with van der Waals surface area (Å²) in [5.74, 6) is -3.46. The molecular formula is C27H26F3N3O5. The Kier molecular flexibility index (Phi) is 5.46. The minimum absolute atomic E-state index is 0.0573. The minimum Gasteiger partial charge on any atom is -0.497 e. The molecule has 200 valence electrons. The zero-order chi connectivity index (χ0) is 27.9.